The zero-order chi connectivity index (χ0) is 13.3. The van der Waals surface area contributed by atoms with E-state index >= 15 is 0 Å². The fraction of sp³-hybridized carbons (Fsp3) is 0.583. The molecule has 0 radical (unpaired) electrons. The lowest BCUT2D eigenvalue weighted by atomic mass is 10.2. The Balaban J connectivity index is 2.21. The van der Waals surface area contributed by atoms with Crippen molar-refractivity contribution in [2.24, 2.45) is 0 Å². The Labute approximate surface area is 111 Å². The zero-order valence-corrected chi connectivity index (χ0v) is 11.8. The molecule has 1 aliphatic rings. The quantitative estimate of drug-likeness (QED) is 0.819. The maximum atomic E-state index is 11.5. The number of nitrogens with two attached hydrogens (primary N) is 1. The third-order valence-electron chi connectivity index (χ3n) is 3.23. The largest absolute Gasteiger partial charge is 0.465 e. The number of carbonyl (C=O) groups is 1. The lowest BCUT2D eigenvalue weighted by molar-refractivity contribution is 0.0607. The summed E-state index contributed by atoms with van der Waals surface area (Å²) >= 11 is 1.41. The SMILES string of the molecule is COC(=O)c1sc(N2CCN(C)CC2C)cc1N. The highest BCUT2D eigenvalue weighted by Gasteiger charge is 2.25. The van der Waals surface area contributed by atoms with Crippen molar-refractivity contribution in [2.75, 3.05) is 44.4 Å². The standard InChI is InChI=1S/C12H19N3O2S/c1-8-7-14(2)4-5-15(8)10-6-9(13)11(18-10)12(16)17-3/h6,8H,4-5,7,13H2,1-3H3. The van der Waals surface area contributed by atoms with Crippen LogP contribution in [0, 0.1) is 0 Å². The normalized spacial score (nSPS) is 21.1. The second-order valence-electron chi connectivity index (χ2n) is 4.67. The van der Waals surface area contributed by atoms with Gasteiger partial charge >= 0.3 is 5.97 Å². The summed E-state index contributed by atoms with van der Waals surface area (Å²) < 4.78 is 4.73. The van der Waals surface area contributed by atoms with E-state index in [1.54, 1.807) is 0 Å². The smallest absolute Gasteiger partial charge is 0.350 e. The molecule has 2 heterocycles. The van der Waals surface area contributed by atoms with Gasteiger partial charge in [-0.15, -0.1) is 11.3 Å². The van der Waals surface area contributed by atoms with Crippen molar-refractivity contribution in [3.8, 4) is 0 Å². The monoisotopic (exact) mass is 269 g/mol. The molecule has 18 heavy (non-hydrogen) atoms. The second kappa shape index (κ2) is 5.16. The minimum Gasteiger partial charge on any atom is -0.465 e. The van der Waals surface area contributed by atoms with Gasteiger partial charge in [-0.1, -0.05) is 0 Å². The van der Waals surface area contributed by atoms with Crippen molar-refractivity contribution >= 4 is 28.0 Å². The summed E-state index contributed by atoms with van der Waals surface area (Å²) in [7, 11) is 3.50. The molecule has 100 valence electrons. The number of nitrogen functional groups attached to an aromatic ring is 1. The number of ether oxygens (including phenoxy) is 1. The van der Waals surface area contributed by atoms with Gasteiger partial charge in [0.1, 0.15) is 4.88 Å². The van der Waals surface area contributed by atoms with E-state index in [0.717, 1.165) is 24.6 Å². The highest BCUT2D eigenvalue weighted by molar-refractivity contribution is 7.18. The van der Waals surface area contributed by atoms with Crippen LogP contribution in [0.1, 0.15) is 16.6 Å². The maximum absolute atomic E-state index is 11.5. The van der Waals surface area contributed by atoms with Gasteiger partial charge in [0.25, 0.3) is 0 Å². The Morgan fingerprint density at radius 1 is 1.56 bits per heavy atom. The van der Waals surface area contributed by atoms with Crippen LogP contribution in [0.25, 0.3) is 0 Å². The predicted octanol–water partition coefficient (Wildman–Crippen LogP) is 1.26. The van der Waals surface area contributed by atoms with Crippen LogP contribution in [0.15, 0.2) is 6.07 Å². The van der Waals surface area contributed by atoms with Gasteiger partial charge in [-0.2, -0.15) is 0 Å². The molecular formula is C12H19N3O2S. The molecule has 0 aliphatic carbocycles. The number of hydrogen-bond acceptors (Lipinski definition) is 6. The fourth-order valence-corrected chi connectivity index (χ4v) is 3.38. The Morgan fingerprint density at radius 3 is 2.89 bits per heavy atom. The van der Waals surface area contributed by atoms with Gasteiger partial charge in [0, 0.05) is 25.7 Å². The first-order valence-corrected chi connectivity index (χ1v) is 6.77. The van der Waals surface area contributed by atoms with Crippen LogP contribution in [0.2, 0.25) is 0 Å². The van der Waals surface area contributed by atoms with E-state index in [1.165, 1.54) is 18.4 Å². The van der Waals surface area contributed by atoms with Gasteiger partial charge in [0.05, 0.1) is 17.8 Å². The number of nitrogens with zero attached hydrogens (tertiary/aromatic N) is 2. The molecule has 2 rings (SSSR count). The van der Waals surface area contributed by atoms with Crippen LogP contribution < -0.4 is 10.6 Å². The molecule has 1 fully saturated rings. The summed E-state index contributed by atoms with van der Waals surface area (Å²) in [5.41, 5.74) is 6.38. The average Bonchev–Trinajstić information content (AvgIpc) is 2.70. The van der Waals surface area contributed by atoms with Crippen molar-refractivity contribution in [1.82, 2.24) is 4.90 Å². The molecule has 0 spiro atoms. The number of thiophene rings is 1. The molecule has 1 atom stereocenters. The molecular weight excluding hydrogens is 250 g/mol. The van der Waals surface area contributed by atoms with Gasteiger partial charge in [0.15, 0.2) is 0 Å². The number of hydrogen-bond donors (Lipinski definition) is 1. The van der Waals surface area contributed by atoms with Gasteiger partial charge in [-0.05, 0) is 20.0 Å². The van der Waals surface area contributed by atoms with Gasteiger partial charge < -0.3 is 20.3 Å². The van der Waals surface area contributed by atoms with Crippen molar-refractivity contribution in [3.63, 3.8) is 0 Å². The minimum atomic E-state index is -0.356. The Morgan fingerprint density at radius 2 is 2.28 bits per heavy atom. The van der Waals surface area contributed by atoms with Crippen LogP contribution >= 0.6 is 11.3 Å². The molecule has 0 bridgehead atoms. The molecule has 1 aromatic heterocycles. The summed E-state index contributed by atoms with van der Waals surface area (Å²) in [5.74, 6) is -0.356. The maximum Gasteiger partial charge on any atom is 0.350 e. The third-order valence-corrected chi connectivity index (χ3v) is 4.40. The number of esters is 1. The van der Waals surface area contributed by atoms with E-state index in [0.29, 0.717) is 16.6 Å². The first-order chi connectivity index (χ1) is 8.52. The summed E-state index contributed by atoms with van der Waals surface area (Å²) in [6.07, 6.45) is 0. The molecule has 2 N–H and O–H groups in total. The third kappa shape index (κ3) is 2.44. The lowest BCUT2D eigenvalue weighted by Gasteiger charge is -2.38. The van der Waals surface area contributed by atoms with E-state index in [-0.39, 0.29) is 5.97 Å². The number of piperazine rings is 1. The summed E-state index contributed by atoms with van der Waals surface area (Å²) in [6, 6.07) is 2.30. The minimum absolute atomic E-state index is 0.356. The molecule has 0 aromatic carbocycles. The highest BCUT2D eigenvalue weighted by atomic mass is 32.1. The van der Waals surface area contributed by atoms with Gasteiger partial charge in [-0.3, -0.25) is 0 Å². The molecule has 1 aromatic rings. The van der Waals surface area contributed by atoms with Gasteiger partial charge in [0.2, 0.25) is 0 Å². The van der Waals surface area contributed by atoms with Crippen molar-refractivity contribution in [2.45, 2.75) is 13.0 Å². The van der Waals surface area contributed by atoms with E-state index in [4.69, 9.17) is 10.5 Å². The van der Waals surface area contributed by atoms with Crippen molar-refractivity contribution < 1.29 is 9.53 Å². The summed E-state index contributed by atoms with van der Waals surface area (Å²) in [6.45, 7) is 5.18. The van der Waals surface area contributed by atoms with Crippen LogP contribution in [0.4, 0.5) is 10.7 Å². The molecule has 1 unspecified atom stereocenters. The van der Waals surface area contributed by atoms with E-state index in [2.05, 4.69) is 23.8 Å². The first-order valence-electron chi connectivity index (χ1n) is 5.95. The van der Waals surface area contributed by atoms with Crippen LogP contribution in [0.3, 0.4) is 0 Å². The van der Waals surface area contributed by atoms with Crippen molar-refractivity contribution in [1.29, 1.82) is 0 Å². The van der Waals surface area contributed by atoms with E-state index in [1.807, 2.05) is 6.07 Å². The zero-order valence-electron chi connectivity index (χ0n) is 11.0. The molecule has 5 nitrogen and oxygen atoms in total. The Bertz CT molecular complexity index is 447. The number of likely N-dealkylation sites (N-methyl/N-ethyl adjacent to an activating group) is 1. The number of rotatable bonds is 2. The molecule has 0 amide bonds. The van der Waals surface area contributed by atoms with E-state index in [9.17, 15) is 4.79 Å². The topological polar surface area (TPSA) is 58.8 Å². The van der Waals surface area contributed by atoms with Crippen molar-refractivity contribution in [3.05, 3.63) is 10.9 Å². The lowest BCUT2D eigenvalue weighted by Crippen LogP contribution is -2.50. The predicted molar refractivity (Wildman–Crippen MR) is 74.4 cm³/mol. The van der Waals surface area contributed by atoms with Crippen LogP contribution in [0.5, 0.6) is 0 Å². The molecule has 1 saturated heterocycles. The molecule has 6 heteroatoms. The average molecular weight is 269 g/mol. The van der Waals surface area contributed by atoms with Crippen LogP contribution in [-0.4, -0.2) is 50.7 Å². The molecule has 0 saturated carbocycles. The number of carbonyl (C=O) groups excluding carboxylic acids is 1. The summed E-state index contributed by atoms with van der Waals surface area (Å²) in [5, 5.41) is 1.05. The molecule has 1 aliphatic heterocycles. The number of methoxy groups -OCH3 is 1. The first kappa shape index (κ1) is 13.2. The fourth-order valence-electron chi connectivity index (χ4n) is 2.25. The number of anilines is 2. The summed E-state index contributed by atoms with van der Waals surface area (Å²) in [4.78, 5) is 16.6. The van der Waals surface area contributed by atoms with Crippen LogP contribution in [-0.2, 0) is 4.74 Å². The van der Waals surface area contributed by atoms with Gasteiger partial charge in [-0.25, -0.2) is 4.79 Å². The second-order valence-corrected chi connectivity index (χ2v) is 5.70. The highest BCUT2D eigenvalue weighted by Crippen LogP contribution is 2.34. The Kier molecular flexibility index (Phi) is 3.77. The Hall–Kier alpha value is -1.27. The van der Waals surface area contributed by atoms with E-state index < -0.39 is 0 Å².